The quantitative estimate of drug-likeness (QED) is 0.0314. The summed E-state index contributed by atoms with van der Waals surface area (Å²) in [5.74, 6) is -2.58. The van der Waals surface area contributed by atoms with Crippen molar-refractivity contribution in [3.63, 3.8) is 0 Å². The van der Waals surface area contributed by atoms with Gasteiger partial charge in [-0.2, -0.15) is 26.3 Å². The van der Waals surface area contributed by atoms with Crippen molar-refractivity contribution >= 4 is 41.2 Å². The van der Waals surface area contributed by atoms with Crippen molar-refractivity contribution in [1.29, 1.82) is 0 Å². The van der Waals surface area contributed by atoms with E-state index in [1.807, 2.05) is 6.92 Å². The minimum absolute atomic E-state index is 0.0156. The summed E-state index contributed by atoms with van der Waals surface area (Å²) in [5.41, 5.74) is -2.81. The van der Waals surface area contributed by atoms with Gasteiger partial charge in [0.05, 0.1) is 69.7 Å². The molecule has 1 fully saturated rings. The third kappa shape index (κ3) is 18.2. The average molecular weight is 955 g/mol. The van der Waals surface area contributed by atoms with E-state index < -0.39 is 142 Å². The molecule has 6 amide bonds. The number of anilines is 2. The zero-order valence-corrected chi connectivity index (χ0v) is 36.0. The number of unbranched alkanes of at least 4 members (excludes halogenated alkanes) is 4. The first-order valence-corrected chi connectivity index (χ1v) is 20.8. The molecule has 4 unspecified atom stereocenters. The van der Waals surface area contributed by atoms with Gasteiger partial charge in [0.15, 0.2) is 6.29 Å². The molecule has 3 rings (SSSR count). The maximum atomic E-state index is 14.0. The SMILES string of the molecule is CCCCCCCC(=O)N[C@@H](CC(=O)OC)C(=O)N[C@H]1C(CO)OCC(NC(=O)Nc2cccc(C(F)(F)F)c2)C1O[C@@H](CNC(=O)Nc1cccc(C(F)(F)F)c1)OC(CO)[C@@H](O)CO. The second kappa shape index (κ2) is 26.7. The highest BCUT2D eigenvalue weighted by atomic mass is 19.4. The van der Waals surface area contributed by atoms with Gasteiger partial charge in [0, 0.05) is 17.8 Å². The van der Waals surface area contributed by atoms with E-state index >= 15 is 0 Å². The smallest absolute Gasteiger partial charge is 0.416 e. The van der Waals surface area contributed by atoms with E-state index in [1.165, 1.54) is 0 Å². The van der Waals surface area contributed by atoms with E-state index in [0.717, 1.165) is 62.8 Å². The molecule has 66 heavy (non-hydrogen) atoms. The standard InChI is InChI=1S/C41H56F6N6O13/c1-3-4-5-6-7-14-32(58)51-27(17-33(59)63-2)37(60)53-35-31(21-56)64-22-28(52-39(62)50-26-13-9-11-24(16-26)41(45,46)47)36(35)66-34(65-30(20-55)29(57)19-54)18-48-38(61)49-25-12-8-10-23(15-25)40(42,43)44/h8-13,15-16,27-31,34-36,54-57H,3-7,14,17-22H2,1-2H3,(H,51,58)(H,53,60)(H2,48,49,61)(H2,50,52,62)/t27-,28?,29-,30?,31?,34-,35-,36?/m0/s1. The summed E-state index contributed by atoms with van der Waals surface area (Å²) >= 11 is 0. The Morgan fingerprint density at radius 1 is 0.833 bits per heavy atom. The molecule has 0 saturated carbocycles. The number of alkyl halides is 6. The monoisotopic (exact) mass is 954 g/mol. The van der Waals surface area contributed by atoms with E-state index in [0.29, 0.717) is 25.0 Å². The van der Waals surface area contributed by atoms with Crippen LogP contribution in [0.2, 0.25) is 0 Å². The fourth-order valence-electron chi connectivity index (χ4n) is 6.52. The molecule has 10 N–H and O–H groups in total. The molecule has 0 spiro atoms. The number of carbonyl (C=O) groups excluding carboxylic acids is 5. The maximum absolute atomic E-state index is 14.0. The van der Waals surface area contributed by atoms with Crippen molar-refractivity contribution in [2.24, 2.45) is 0 Å². The van der Waals surface area contributed by atoms with Crippen molar-refractivity contribution in [2.45, 2.75) is 113 Å². The number of rotatable bonds is 24. The molecule has 2 aromatic carbocycles. The zero-order valence-electron chi connectivity index (χ0n) is 36.0. The minimum atomic E-state index is -4.78. The number of benzene rings is 2. The van der Waals surface area contributed by atoms with Crippen LogP contribution >= 0.6 is 0 Å². The van der Waals surface area contributed by atoms with Crippen molar-refractivity contribution in [2.75, 3.05) is 50.7 Å². The van der Waals surface area contributed by atoms with Crippen LogP contribution in [0, 0.1) is 0 Å². The number of carbonyl (C=O) groups is 5. The maximum Gasteiger partial charge on any atom is 0.416 e. The topological polar surface area (TPSA) is 275 Å². The number of esters is 1. The Labute approximate surface area is 375 Å². The van der Waals surface area contributed by atoms with Crippen LogP contribution in [0.4, 0.5) is 47.3 Å². The second-order valence-corrected chi connectivity index (χ2v) is 15.0. The van der Waals surface area contributed by atoms with E-state index in [-0.39, 0.29) is 17.8 Å². The summed E-state index contributed by atoms with van der Waals surface area (Å²) < 4.78 is 103. The van der Waals surface area contributed by atoms with Gasteiger partial charge in [0.1, 0.15) is 30.5 Å². The first-order chi connectivity index (χ1) is 31.2. The van der Waals surface area contributed by atoms with Gasteiger partial charge >= 0.3 is 30.4 Å². The molecule has 1 saturated heterocycles. The molecule has 25 heteroatoms. The number of aliphatic hydroxyl groups is 4. The Hall–Kier alpha value is -5.31. The van der Waals surface area contributed by atoms with Crippen LogP contribution in [0.1, 0.15) is 63.0 Å². The lowest BCUT2D eigenvalue weighted by Crippen LogP contribution is -2.68. The van der Waals surface area contributed by atoms with Crippen LogP contribution in [0.25, 0.3) is 0 Å². The third-order valence-electron chi connectivity index (χ3n) is 9.96. The lowest BCUT2D eigenvalue weighted by atomic mass is 9.94. The predicted molar refractivity (Wildman–Crippen MR) is 220 cm³/mol. The van der Waals surface area contributed by atoms with Crippen LogP contribution < -0.4 is 31.9 Å². The first-order valence-electron chi connectivity index (χ1n) is 20.8. The Kier molecular flexibility index (Phi) is 22.3. The molecule has 8 atom stereocenters. The summed E-state index contributed by atoms with van der Waals surface area (Å²) in [6.07, 6.45) is -14.8. The van der Waals surface area contributed by atoms with Crippen LogP contribution in [-0.4, -0.2) is 139 Å². The van der Waals surface area contributed by atoms with E-state index in [2.05, 4.69) is 31.9 Å². The molecule has 0 radical (unpaired) electrons. The summed E-state index contributed by atoms with van der Waals surface area (Å²) in [5, 5.41) is 54.7. The molecular weight excluding hydrogens is 898 g/mol. The van der Waals surface area contributed by atoms with E-state index in [4.69, 9.17) is 18.9 Å². The second-order valence-electron chi connectivity index (χ2n) is 15.0. The molecule has 1 heterocycles. The molecule has 370 valence electrons. The van der Waals surface area contributed by atoms with Gasteiger partial charge in [0.2, 0.25) is 11.8 Å². The highest BCUT2D eigenvalue weighted by Crippen LogP contribution is 2.32. The fourth-order valence-corrected chi connectivity index (χ4v) is 6.52. The van der Waals surface area contributed by atoms with Gasteiger partial charge < -0.3 is 71.3 Å². The number of hydrogen-bond acceptors (Lipinski definition) is 13. The van der Waals surface area contributed by atoms with E-state index in [9.17, 15) is 70.7 Å². The number of amides is 6. The van der Waals surface area contributed by atoms with Gasteiger partial charge in [-0.1, -0.05) is 44.7 Å². The summed E-state index contributed by atoms with van der Waals surface area (Å²) in [6.45, 7) is -2.17. The van der Waals surface area contributed by atoms with Gasteiger partial charge in [-0.25, -0.2) is 9.59 Å². The lowest BCUT2D eigenvalue weighted by Gasteiger charge is -2.44. The Balaban J connectivity index is 2.02. The summed E-state index contributed by atoms with van der Waals surface area (Å²) in [6, 6.07) is 0.160. The zero-order chi connectivity index (χ0) is 49.0. The van der Waals surface area contributed by atoms with Crippen LogP contribution in [0.5, 0.6) is 0 Å². The molecule has 1 aliphatic heterocycles. The van der Waals surface area contributed by atoms with Crippen LogP contribution in [0.15, 0.2) is 48.5 Å². The van der Waals surface area contributed by atoms with Crippen molar-refractivity contribution < 1.29 is 89.7 Å². The summed E-state index contributed by atoms with van der Waals surface area (Å²) in [7, 11) is 1.04. The van der Waals surface area contributed by atoms with Crippen molar-refractivity contribution in [3.05, 3.63) is 59.7 Å². The van der Waals surface area contributed by atoms with Gasteiger partial charge in [-0.15, -0.1) is 0 Å². The van der Waals surface area contributed by atoms with Crippen LogP contribution in [0.3, 0.4) is 0 Å². The van der Waals surface area contributed by atoms with E-state index in [1.54, 1.807) is 0 Å². The first kappa shape index (κ1) is 55.0. The predicted octanol–water partition coefficient (Wildman–Crippen LogP) is 2.76. The van der Waals surface area contributed by atoms with Crippen LogP contribution in [-0.2, 0) is 45.7 Å². The third-order valence-corrected chi connectivity index (χ3v) is 9.96. The van der Waals surface area contributed by atoms with Gasteiger partial charge in [-0.05, 0) is 42.8 Å². The summed E-state index contributed by atoms with van der Waals surface area (Å²) in [4.78, 5) is 65.9. The molecule has 2 aromatic rings. The Morgan fingerprint density at radius 2 is 1.44 bits per heavy atom. The van der Waals surface area contributed by atoms with Gasteiger partial charge in [0.25, 0.3) is 0 Å². The number of urea groups is 2. The molecule has 19 nitrogen and oxygen atoms in total. The van der Waals surface area contributed by atoms with Crippen molar-refractivity contribution in [1.82, 2.24) is 21.3 Å². The van der Waals surface area contributed by atoms with Crippen molar-refractivity contribution in [3.8, 4) is 0 Å². The average Bonchev–Trinajstić information content (AvgIpc) is 3.27. The number of hydrogen-bond donors (Lipinski definition) is 10. The Morgan fingerprint density at radius 3 is 1.98 bits per heavy atom. The molecule has 1 aliphatic rings. The van der Waals surface area contributed by atoms with Gasteiger partial charge in [-0.3, -0.25) is 14.4 Å². The number of halogens is 6. The molecule has 0 bridgehead atoms. The number of nitrogens with one attached hydrogen (secondary N) is 6. The normalized spacial score (nSPS) is 19.3. The number of methoxy groups -OCH3 is 1. The Bertz CT molecular complexity index is 1880. The molecule has 0 aliphatic carbocycles. The number of aliphatic hydroxyl groups excluding tert-OH is 4. The largest absolute Gasteiger partial charge is 0.469 e. The minimum Gasteiger partial charge on any atom is -0.469 e. The highest BCUT2D eigenvalue weighted by Gasteiger charge is 2.45. The number of ether oxygens (including phenoxy) is 4. The molecular formula is C41H56F6N6O13. The lowest BCUT2D eigenvalue weighted by molar-refractivity contribution is -0.242. The molecule has 0 aromatic heterocycles. The highest BCUT2D eigenvalue weighted by molar-refractivity contribution is 5.92. The fraction of sp³-hybridized carbons (Fsp3) is 0.585.